The Bertz CT molecular complexity index is 1940. The molecule has 8 heteroatoms. The Balaban J connectivity index is 1.31. The maximum absolute atomic E-state index is 13.6. The topological polar surface area (TPSA) is 113 Å². The first-order valence-electron chi connectivity index (χ1n) is 14.3. The third-order valence-electron chi connectivity index (χ3n) is 8.06. The summed E-state index contributed by atoms with van der Waals surface area (Å²) in [5.41, 5.74) is 6.57. The van der Waals surface area contributed by atoms with Gasteiger partial charge in [0.05, 0.1) is 11.1 Å². The van der Waals surface area contributed by atoms with Crippen LogP contribution in [0.5, 0.6) is 0 Å². The molecule has 2 amide bonds. The SMILES string of the molecule is C=CC(=CC)c1oc2ccc(-c3cc(C(=O)NC4(c5nc(-c6cccc(C)c6)n[nH]5)CC4)ccc3C)cc2c1C(=O)NC. The largest absolute Gasteiger partial charge is 0.455 e. The number of hydrogen-bond acceptors (Lipinski definition) is 5. The summed E-state index contributed by atoms with van der Waals surface area (Å²) in [6.07, 6.45) is 5.09. The summed E-state index contributed by atoms with van der Waals surface area (Å²) in [7, 11) is 1.60. The molecule has 0 atom stereocenters. The van der Waals surface area contributed by atoms with E-state index in [1.807, 2.05) is 87.5 Å². The minimum absolute atomic E-state index is 0.186. The molecular weight excluding hydrogens is 538 g/mol. The molecule has 0 unspecified atom stereocenters. The van der Waals surface area contributed by atoms with Gasteiger partial charge in [0.15, 0.2) is 11.6 Å². The second kappa shape index (κ2) is 10.9. The molecule has 6 rings (SSSR count). The fourth-order valence-electron chi connectivity index (χ4n) is 5.46. The average molecular weight is 572 g/mol. The molecule has 1 aliphatic carbocycles. The van der Waals surface area contributed by atoms with Crippen molar-refractivity contribution in [2.75, 3.05) is 7.05 Å². The second-order valence-electron chi connectivity index (χ2n) is 11.0. The van der Waals surface area contributed by atoms with Crippen molar-refractivity contribution in [2.45, 2.75) is 39.2 Å². The first-order valence-corrected chi connectivity index (χ1v) is 14.3. The Hall–Kier alpha value is -5.24. The molecule has 5 aromatic rings. The molecule has 8 nitrogen and oxygen atoms in total. The summed E-state index contributed by atoms with van der Waals surface area (Å²) in [4.78, 5) is 31.3. The summed E-state index contributed by atoms with van der Waals surface area (Å²) in [5.74, 6) is 1.31. The molecule has 1 saturated carbocycles. The number of rotatable bonds is 8. The van der Waals surface area contributed by atoms with Gasteiger partial charge in [0, 0.05) is 29.1 Å². The maximum atomic E-state index is 13.6. The van der Waals surface area contributed by atoms with Crippen LogP contribution in [0.4, 0.5) is 0 Å². The van der Waals surface area contributed by atoms with Crippen LogP contribution in [0.3, 0.4) is 0 Å². The second-order valence-corrected chi connectivity index (χ2v) is 11.0. The third kappa shape index (κ3) is 5.05. The van der Waals surface area contributed by atoms with E-state index in [-0.39, 0.29) is 11.8 Å². The smallest absolute Gasteiger partial charge is 0.255 e. The fourth-order valence-corrected chi connectivity index (χ4v) is 5.46. The number of H-pyrrole nitrogens is 1. The zero-order valence-electron chi connectivity index (χ0n) is 24.7. The zero-order valence-corrected chi connectivity index (χ0v) is 24.7. The summed E-state index contributed by atoms with van der Waals surface area (Å²) < 4.78 is 6.11. The summed E-state index contributed by atoms with van der Waals surface area (Å²) >= 11 is 0. The lowest BCUT2D eigenvalue weighted by Crippen LogP contribution is -2.35. The molecule has 0 radical (unpaired) electrons. The molecule has 0 saturated heterocycles. The Morgan fingerprint density at radius 3 is 2.53 bits per heavy atom. The number of carbonyl (C=O) groups excluding carboxylic acids is 2. The van der Waals surface area contributed by atoms with Crippen LogP contribution >= 0.6 is 0 Å². The van der Waals surface area contributed by atoms with Crippen molar-refractivity contribution in [1.29, 1.82) is 0 Å². The third-order valence-corrected chi connectivity index (χ3v) is 8.06. The molecule has 216 valence electrons. The van der Waals surface area contributed by atoms with E-state index in [1.165, 1.54) is 0 Å². The first kappa shape index (κ1) is 27.9. The van der Waals surface area contributed by atoms with Crippen molar-refractivity contribution >= 4 is 28.4 Å². The molecule has 43 heavy (non-hydrogen) atoms. The molecule has 1 aliphatic rings. The van der Waals surface area contributed by atoms with Crippen LogP contribution in [0.1, 0.15) is 63.2 Å². The molecule has 0 spiro atoms. The molecular formula is C35H33N5O3. The molecule has 0 bridgehead atoms. The van der Waals surface area contributed by atoms with E-state index in [1.54, 1.807) is 13.1 Å². The van der Waals surface area contributed by atoms with Crippen LogP contribution in [0.25, 0.3) is 39.1 Å². The van der Waals surface area contributed by atoms with Gasteiger partial charge >= 0.3 is 0 Å². The van der Waals surface area contributed by atoms with E-state index >= 15 is 0 Å². The number of benzene rings is 3. The minimum atomic E-state index is -0.568. The lowest BCUT2D eigenvalue weighted by Gasteiger charge is -2.16. The molecule has 0 aliphatic heterocycles. The van der Waals surface area contributed by atoms with Gasteiger partial charge in [-0.05, 0) is 80.6 Å². The molecule has 2 heterocycles. The normalized spacial score (nSPS) is 14.0. The Labute approximate surface area is 249 Å². The molecule has 2 aromatic heterocycles. The highest BCUT2D eigenvalue weighted by Crippen LogP contribution is 2.44. The van der Waals surface area contributed by atoms with Crippen molar-refractivity contribution in [2.24, 2.45) is 0 Å². The Morgan fingerprint density at radius 1 is 1.02 bits per heavy atom. The highest BCUT2D eigenvalue weighted by molar-refractivity contribution is 6.11. The van der Waals surface area contributed by atoms with Gasteiger partial charge in [-0.15, -0.1) is 0 Å². The first-order chi connectivity index (χ1) is 20.8. The Morgan fingerprint density at radius 2 is 1.84 bits per heavy atom. The van der Waals surface area contributed by atoms with Gasteiger partial charge in [-0.1, -0.05) is 54.6 Å². The number of aromatic nitrogens is 3. The number of allylic oxidation sites excluding steroid dienone is 3. The van der Waals surface area contributed by atoms with Gasteiger partial charge in [0.25, 0.3) is 11.8 Å². The fraction of sp³-hybridized carbons (Fsp3) is 0.200. The highest BCUT2D eigenvalue weighted by atomic mass is 16.3. The predicted molar refractivity (Wildman–Crippen MR) is 169 cm³/mol. The Kier molecular flexibility index (Phi) is 7.05. The van der Waals surface area contributed by atoms with Crippen LogP contribution in [0.15, 0.2) is 83.8 Å². The van der Waals surface area contributed by atoms with Crippen molar-refractivity contribution in [3.05, 3.63) is 113 Å². The quantitative estimate of drug-likeness (QED) is 0.176. The molecule has 1 fully saturated rings. The van der Waals surface area contributed by atoms with Gasteiger partial charge in [-0.2, -0.15) is 5.10 Å². The van der Waals surface area contributed by atoms with E-state index in [0.29, 0.717) is 39.5 Å². The van der Waals surface area contributed by atoms with E-state index in [4.69, 9.17) is 9.40 Å². The number of aryl methyl sites for hydroxylation is 2. The summed E-state index contributed by atoms with van der Waals surface area (Å²) in [6, 6.07) is 19.4. The van der Waals surface area contributed by atoms with E-state index in [0.717, 1.165) is 46.2 Å². The lowest BCUT2D eigenvalue weighted by atomic mass is 9.95. The van der Waals surface area contributed by atoms with E-state index in [9.17, 15) is 9.59 Å². The summed E-state index contributed by atoms with van der Waals surface area (Å²) in [6.45, 7) is 9.77. The number of carbonyl (C=O) groups is 2. The van der Waals surface area contributed by atoms with Gasteiger partial charge in [0.2, 0.25) is 0 Å². The number of aromatic amines is 1. The van der Waals surface area contributed by atoms with Crippen molar-refractivity contribution in [3.63, 3.8) is 0 Å². The zero-order chi connectivity index (χ0) is 30.3. The van der Waals surface area contributed by atoms with Crippen LogP contribution in [0.2, 0.25) is 0 Å². The van der Waals surface area contributed by atoms with Crippen LogP contribution < -0.4 is 10.6 Å². The minimum Gasteiger partial charge on any atom is -0.455 e. The monoisotopic (exact) mass is 571 g/mol. The van der Waals surface area contributed by atoms with Gasteiger partial charge in [-0.25, -0.2) is 4.98 Å². The number of fused-ring (bicyclic) bond motifs is 1. The van der Waals surface area contributed by atoms with Gasteiger partial charge in [0.1, 0.15) is 11.3 Å². The predicted octanol–water partition coefficient (Wildman–Crippen LogP) is 6.87. The van der Waals surface area contributed by atoms with Crippen LogP contribution in [0, 0.1) is 13.8 Å². The number of nitrogens with zero attached hydrogens (tertiary/aromatic N) is 2. The summed E-state index contributed by atoms with van der Waals surface area (Å²) in [5, 5.41) is 14.1. The number of furan rings is 1. The van der Waals surface area contributed by atoms with Crippen molar-refractivity contribution in [1.82, 2.24) is 25.8 Å². The number of nitrogens with one attached hydrogen (secondary N) is 3. The van der Waals surface area contributed by atoms with E-state index in [2.05, 4.69) is 27.4 Å². The van der Waals surface area contributed by atoms with Crippen LogP contribution in [-0.4, -0.2) is 34.0 Å². The van der Waals surface area contributed by atoms with Crippen molar-refractivity contribution < 1.29 is 14.0 Å². The van der Waals surface area contributed by atoms with Gasteiger partial charge in [-0.3, -0.25) is 14.7 Å². The molecule has 3 aromatic carbocycles. The highest BCUT2D eigenvalue weighted by Gasteiger charge is 2.49. The number of amides is 2. The number of hydrogen-bond donors (Lipinski definition) is 3. The van der Waals surface area contributed by atoms with E-state index < -0.39 is 5.54 Å². The maximum Gasteiger partial charge on any atom is 0.255 e. The standard InChI is InChI=1S/C35H33N5O3/c1-6-22(7-2)30-29(33(42)36-5)27-18-23(13-14-28(27)43-30)26-19-25(12-11-21(26)4)32(41)38-35(15-16-35)34-37-31(39-40-34)24-10-8-9-20(3)17-24/h6-14,17-19H,1,15-16H2,2-5H3,(H,36,42)(H,38,41)(H,37,39,40). The van der Waals surface area contributed by atoms with Gasteiger partial charge < -0.3 is 15.1 Å². The lowest BCUT2D eigenvalue weighted by molar-refractivity contribution is 0.0927. The molecule has 3 N–H and O–H groups in total. The van der Waals surface area contributed by atoms with Crippen LogP contribution in [-0.2, 0) is 5.54 Å². The average Bonchev–Trinajstić information content (AvgIpc) is 3.44. The van der Waals surface area contributed by atoms with Crippen molar-refractivity contribution in [3.8, 4) is 22.5 Å².